The van der Waals surface area contributed by atoms with Gasteiger partial charge in [-0.15, -0.1) is 0 Å². The molecule has 0 aromatic carbocycles. The molecule has 2 amide bonds. The van der Waals surface area contributed by atoms with Crippen LogP contribution in [0.5, 0.6) is 0 Å². The van der Waals surface area contributed by atoms with Crippen LogP contribution in [0.25, 0.3) is 0 Å². The van der Waals surface area contributed by atoms with E-state index in [9.17, 15) is 9.59 Å². The molecule has 0 aliphatic carbocycles. The molecule has 0 bridgehead atoms. The first-order chi connectivity index (χ1) is 26.0. The van der Waals surface area contributed by atoms with E-state index in [1.54, 1.807) is 18.2 Å². The lowest BCUT2D eigenvalue weighted by Crippen LogP contribution is -2.29. The highest BCUT2D eigenvalue weighted by Gasteiger charge is 2.13. The number of aromatic nitrogens is 1. The van der Waals surface area contributed by atoms with E-state index < -0.39 is 0 Å². The molecular weight excluding hydrogens is 659 g/mol. The Bertz CT molecular complexity index is 974. The van der Waals surface area contributed by atoms with Crippen LogP contribution in [0.15, 0.2) is 18.2 Å². The molecule has 1 heterocycles. The average Bonchev–Trinajstić information content (AvgIpc) is 3.17. The van der Waals surface area contributed by atoms with E-state index in [1.165, 1.54) is 161 Å². The summed E-state index contributed by atoms with van der Waals surface area (Å²) in [5.74, 6) is 0.680. The number of hydrogen-bond donors (Lipinski definition) is 2. The molecule has 2 unspecified atom stereocenters. The van der Waals surface area contributed by atoms with E-state index in [0.29, 0.717) is 38.1 Å². The van der Waals surface area contributed by atoms with E-state index in [-0.39, 0.29) is 23.2 Å². The summed E-state index contributed by atoms with van der Waals surface area (Å²) in [5.41, 5.74) is 0.519. The van der Waals surface area contributed by atoms with Crippen LogP contribution in [0, 0.1) is 11.8 Å². The van der Waals surface area contributed by atoms with E-state index >= 15 is 0 Å². The first-order valence-corrected chi connectivity index (χ1v) is 22.7. The molecule has 2 atom stereocenters. The van der Waals surface area contributed by atoms with Gasteiger partial charge in [0.25, 0.3) is 11.8 Å². The van der Waals surface area contributed by atoms with Gasteiger partial charge in [0.2, 0.25) is 0 Å². The van der Waals surface area contributed by atoms with Gasteiger partial charge in [-0.1, -0.05) is 175 Å². The van der Waals surface area contributed by atoms with Gasteiger partial charge < -0.3 is 20.1 Å². The fourth-order valence-corrected chi connectivity index (χ4v) is 6.96. The lowest BCUT2D eigenvalue weighted by molar-refractivity contribution is 0.0855. The second-order valence-corrected chi connectivity index (χ2v) is 15.8. The third kappa shape index (κ3) is 30.0. The molecule has 0 fully saturated rings. The summed E-state index contributed by atoms with van der Waals surface area (Å²) in [5, 5.41) is 5.87. The quantitative estimate of drug-likeness (QED) is 0.0655. The minimum absolute atomic E-state index is 0.258. The maximum Gasteiger partial charge on any atom is 0.269 e. The van der Waals surface area contributed by atoms with Gasteiger partial charge in [-0.05, 0) is 56.1 Å². The summed E-state index contributed by atoms with van der Waals surface area (Å²) in [6, 6.07) is 5.02. The number of hydrogen-bond acceptors (Lipinski definition) is 5. The molecule has 0 radical (unpaired) electrons. The molecule has 1 aromatic heterocycles. The van der Waals surface area contributed by atoms with Crippen LogP contribution in [0.3, 0.4) is 0 Å². The molecule has 0 aliphatic heterocycles. The Morgan fingerprint density at radius 3 is 1.34 bits per heavy atom. The van der Waals surface area contributed by atoms with E-state index in [1.807, 2.05) is 0 Å². The molecular formula is C46H85N3O4. The predicted octanol–water partition coefficient (Wildman–Crippen LogP) is 12.4. The summed E-state index contributed by atoms with van der Waals surface area (Å²) < 4.78 is 12.0. The molecule has 7 heteroatoms. The van der Waals surface area contributed by atoms with Crippen molar-refractivity contribution in [2.75, 3.05) is 39.5 Å². The molecule has 1 rings (SSSR count). The van der Waals surface area contributed by atoms with E-state index in [4.69, 9.17) is 9.47 Å². The Morgan fingerprint density at radius 2 is 0.906 bits per heavy atom. The van der Waals surface area contributed by atoms with Gasteiger partial charge >= 0.3 is 0 Å². The molecule has 0 spiro atoms. The summed E-state index contributed by atoms with van der Waals surface area (Å²) in [4.78, 5) is 29.8. The number of nitrogens with one attached hydrogen (secondary N) is 2. The zero-order valence-electron chi connectivity index (χ0n) is 35.3. The van der Waals surface area contributed by atoms with E-state index in [0.717, 1.165) is 26.1 Å². The van der Waals surface area contributed by atoms with Crippen LogP contribution in [-0.2, 0) is 9.47 Å². The second-order valence-electron chi connectivity index (χ2n) is 15.8. The standard InChI is InChI=1S/C46H85N3O4/c1-5-8-11-14-17-19-21-24-30-41(4)39-52-37-28-35-47-45(50)43-33-27-34-44(49-43)46(51)48-36-29-38-53-40-42(31-25-22-16-13-10-7-3)32-26-23-20-18-15-12-9-6-2/h27,33-34,41-42H,5-26,28-32,35-40H2,1-4H3,(H,47,50)(H,48,51). The number of nitrogens with zero attached hydrogens (tertiary/aromatic N) is 1. The molecule has 308 valence electrons. The summed E-state index contributed by atoms with van der Waals surface area (Å²) in [7, 11) is 0. The Kier molecular flexibility index (Phi) is 34.2. The maximum atomic E-state index is 12.8. The maximum absolute atomic E-state index is 12.8. The van der Waals surface area contributed by atoms with Crippen molar-refractivity contribution in [3.05, 3.63) is 29.6 Å². The molecule has 1 aromatic rings. The highest BCUT2D eigenvalue weighted by molar-refractivity contribution is 5.96. The highest BCUT2D eigenvalue weighted by Crippen LogP contribution is 2.20. The zero-order valence-corrected chi connectivity index (χ0v) is 35.3. The van der Waals surface area contributed by atoms with Crippen LogP contribution in [0.4, 0.5) is 0 Å². The Balaban J connectivity index is 2.23. The van der Waals surface area contributed by atoms with Crippen LogP contribution < -0.4 is 10.6 Å². The zero-order chi connectivity index (χ0) is 38.5. The molecule has 53 heavy (non-hydrogen) atoms. The average molecular weight is 744 g/mol. The van der Waals surface area contributed by atoms with Crippen LogP contribution in [-0.4, -0.2) is 56.3 Å². The predicted molar refractivity (Wildman–Crippen MR) is 225 cm³/mol. The molecule has 0 saturated carbocycles. The van der Waals surface area contributed by atoms with Gasteiger partial charge in [0.05, 0.1) is 0 Å². The van der Waals surface area contributed by atoms with Crippen LogP contribution in [0.1, 0.15) is 222 Å². The van der Waals surface area contributed by atoms with Gasteiger partial charge in [0.1, 0.15) is 11.4 Å². The van der Waals surface area contributed by atoms with Gasteiger partial charge in [-0.2, -0.15) is 0 Å². The lowest BCUT2D eigenvalue weighted by Gasteiger charge is -2.17. The van der Waals surface area contributed by atoms with Crippen molar-refractivity contribution in [1.82, 2.24) is 15.6 Å². The smallest absolute Gasteiger partial charge is 0.269 e. The van der Waals surface area contributed by atoms with Gasteiger partial charge in [0.15, 0.2) is 0 Å². The summed E-state index contributed by atoms with van der Waals surface area (Å²) in [6.07, 6.45) is 34.9. The number of pyridine rings is 1. The third-order valence-corrected chi connectivity index (χ3v) is 10.5. The number of carbonyl (C=O) groups excluding carboxylic acids is 2. The molecule has 0 saturated heterocycles. The van der Waals surface area contributed by atoms with Crippen molar-refractivity contribution in [2.45, 2.75) is 201 Å². The molecule has 7 nitrogen and oxygen atoms in total. The van der Waals surface area contributed by atoms with E-state index in [2.05, 4.69) is 43.3 Å². The monoisotopic (exact) mass is 744 g/mol. The van der Waals surface area contributed by atoms with Crippen LogP contribution in [0.2, 0.25) is 0 Å². The highest BCUT2D eigenvalue weighted by atomic mass is 16.5. The minimum Gasteiger partial charge on any atom is -0.381 e. The normalized spacial score (nSPS) is 12.5. The fraction of sp³-hybridized carbons (Fsp3) is 0.848. The Labute approximate surface area is 327 Å². The first kappa shape index (κ1) is 49.0. The minimum atomic E-state index is -0.265. The summed E-state index contributed by atoms with van der Waals surface area (Å²) in [6.45, 7) is 13.0. The van der Waals surface area contributed by atoms with Crippen LogP contribution >= 0.6 is 0 Å². The van der Waals surface area contributed by atoms with Gasteiger partial charge in [-0.25, -0.2) is 4.98 Å². The third-order valence-electron chi connectivity index (χ3n) is 10.5. The second kappa shape index (κ2) is 37.0. The number of amides is 2. The topological polar surface area (TPSA) is 89.5 Å². The van der Waals surface area contributed by atoms with Crippen molar-refractivity contribution in [3.63, 3.8) is 0 Å². The van der Waals surface area contributed by atoms with Gasteiger partial charge in [0, 0.05) is 39.5 Å². The van der Waals surface area contributed by atoms with Crippen molar-refractivity contribution in [2.24, 2.45) is 11.8 Å². The van der Waals surface area contributed by atoms with Crippen molar-refractivity contribution in [3.8, 4) is 0 Å². The largest absolute Gasteiger partial charge is 0.381 e. The van der Waals surface area contributed by atoms with Crippen molar-refractivity contribution in [1.29, 1.82) is 0 Å². The van der Waals surface area contributed by atoms with Crippen molar-refractivity contribution < 1.29 is 19.1 Å². The number of ether oxygens (including phenoxy) is 2. The Morgan fingerprint density at radius 1 is 0.528 bits per heavy atom. The fourth-order valence-electron chi connectivity index (χ4n) is 6.96. The van der Waals surface area contributed by atoms with Crippen molar-refractivity contribution >= 4 is 11.8 Å². The lowest BCUT2D eigenvalue weighted by atomic mass is 9.94. The first-order valence-electron chi connectivity index (χ1n) is 22.7. The number of rotatable bonds is 39. The molecule has 2 N–H and O–H groups in total. The number of unbranched alkanes of at least 4 members (excludes halogenated alkanes) is 19. The molecule has 0 aliphatic rings. The number of carbonyl (C=O) groups is 2. The Hall–Kier alpha value is -1.99. The summed E-state index contributed by atoms with van der Waals surface area (Å²) >= 11 is 0. The van der Waals surface area contributed by atoms with Gasteiger partial charge in [-0.3, -0.25) is 9.59 Å². The SMILES string of the molecule is CCCCCCCCCCC(C)COCCCNC(=O)c1cccc(C(=O)NCCCOCC(CCCCCCCC)CCCCCCCCCC)n1.